The minimum absolute atomic E-state index is 0.279. The summed E-state index contributed by atoms with van der Waals surface area (Å²) >= 11 is 0. The van der Waals surface area contributed by atoms with Gasteiger partial charge in [0.25, 0.3) is 0 Å². The number of hydrogen-bond donors (Lipinski definition) is 4. The molecule has 1 aromatic carbocycles. The van der Waals surface area contributed by atoms with Gasteiger partial charge in [-0.25, -0.2) is 0 Å². The molecule has 0 bridgehead atoms. The van der Waals surface area contributed by atoms with Crippen LogP contribution in [0.25, 0.3) is 0 Å². The molecule has 0 aliphatic heterocycles. The lowest BCUT2D eigenvalue weighted by Crippen LogP contribution is -2.27. The van der Waals surface area contributed by atoms with E-state index in [2.05, 4.69) is 19.2 Å². The number of phenols is 3. The van der Waals surface area contributed by atoms with Crippen LogP contribution < -0.4 is 5.32 Å². The number of rotatable bonds is 5. The lowest BCUT2D eigenvalue weighted by atomic mass is 10.1. The standard InChI is InChI=1S/C12H19NO3/c1-3-8(2)13-5-4-9-6-10(14)12(16)11(15)7-9/h6-8,13-16H,3-5H2,1-2H3. The van der Waals surface area contributed by atoms with Gasteiger partial charge in [0, 0.05) is 6.04 Å². The summed E-state index contributed by atoms with van der Waals surface area (Å²) in [6.45, 7) is 4.99. The SMILES string of the molecule is CCC(C)NCCc1cc(O)c(O)c(O)c1. The Morgan fingerprint density at radius 3 is 2.25 bits per heavy atom. The maximum Gasteiger partial charge on any atom is 0.200 e. The normalized spacial score (nSPS) is 12.6. The van der Waals surface area contributed by atoms with Gasteiger partial charge in [-0.15, -0.1) is 0 Å². The highest BCUT2D eigenvalue weighted by molar-refractivity contribution is 5.51. The van der Waals surface area contributed by atoms with E-state index in [1.165, 1.54) is 12.1 Å². The highest BCUT2D eigenvalue weighted by Gasteiger charge is 2.07. The van der Waals surface area contributed by atoms with Gasteiger partial charge in [0.15, 0.2) is 17.2 Å². The molecule has 1 aromatic rings. The second kappa shape index (κ2) is 5.61. The molecule has 4 N–H and O–H groups in total. The molecule has 1 atom stereocenters. The van der Waals surface area contributed by atoms with Crippen molar-refractivity contribution >= 4 is 0 Å². The van der Waals surface area contributed by atoms with Gasteiger partial charge in [-0.05, 0) is 44.0 Å². The summed E-state index contributed by atoms with van der Waals surface area (Å²) in [6, 6.07) is 3.39. The number of benzene rings is 1. The zero-order valence-electron chi connectivity index (χ0n) is 9.70. The van der Waals surface area contributed by atoms with Crippen LogP contribution >= 0.6 is 0 Å². The Hall–Kier alpha value is -1.42. The fourth-order valence-corrected chi connectivity index (χ4v) is 1.41. The summed E-state index contributed by atoms with van der Waals surface area (Å²) in [5.41, 5.74) is 0.795. The van der Waals surface area contributed by atoms with Crippen molar-refractivity contribution in [1.82, 2.24) is 5.32 Å². The predicted octanol–water partition coefficient (Wildman–Crippen LogP) is 1.73. The van der Waals surface area contributed by atoms with E-state index >= 15 is 0 Å². The van der Waals surface area contributed by atoms with Gasteiger partial charge < -0.3 is 20.6 Å². The van der Waals surface area contributed by atoms with Crippen LogP contribution in [0.1, 0.15) is 25.8 Å². The summed E-state index contributed by atoms with van der Waals surface area (Å²) < 4.78 is 0. The van der Waals surface area contributed by atoms with E-state index in [-0.39, 0.29) is 11.5 Å². The van der Waals surface area contributed by atoms with Crippen molar-refractivity contribution in [2.45, 2.75) is 32.7 Å². The molecule has 0 aliphatic rings. The predicted molar refractivity (Wildman–Crippen MR) is 62.9 cm³/mol. The zero-order valence-corrected chi connectivity index (χ0v) is 9.70. The first-order valence-electron chi connectivity index (χ1n) is 5.51. The third-order valence-corrected chi connectivity index (χ3v) is 2.65. The Morgan fingerprint density at radius 2 is 1.75 bits per heavy atom. The molecular formula is C12H19NO3. The zero-order chi connectivity index (χ0) is 12.1. The summed E-state index contributed by atoms with van der Waals surface area (Å²) in [7, 11) is 0. The molecule has 0 fully saturated rings. The van der Waals surface area contributed by atoms with Gasteiger partial charge in [0.2, 0.25) is 0 Å². The van der Waals surface area contributed by atoms with E-state index in [1.807, 2.05) is 0 Å². The van der Waals surface area contributed by atoms with Crippen molar-refractivity contribution in [3.8, 4) is 17.2 Å². The number of hydrogen-bond acceptors (Lipinski definition) is 4. The molecule has 0 saturated carbocycles. The van der Waals surface area contributed by atoms with Gasteiger partial charge in [-0.3, -0.25) is 0 Å². The highest BCUT2D eigenvalue weighted by Crippen LogP contribution is 2.35. The average Bonchev–Trinajstić information content (AvgIpc) is 2.25. The Balaban J connectivity index is 2.55. The van der Waals surface area contributed by atoms with Crippen molar-refractivity contribution in [3.05, 3.63) is 17.7 Å². The topological polar surface area (TPSA) is 72.7 Å². The monoisotopic (exact) mass is 225 g/mol. The van der Waals surface area contributed by atoms with Crippen molar-refractivity contribution in [1.29, 1.82) is 0 Å². The first kappa shape index (κ1) is 12.6. The van der Waals surface area contributed by atoms with Crippen LogP contribution in [0.5, 0.6) is 17.2 Å². The Labute approximate surface area is 95.6 Å². The second-order valence-corrected chi connectivity index (χ2v) is 4.00. The third-order valence-electron chi connectivity index (χ3n) is 2.65. The van der Waals surface area contributed by atoms with Crippen molar-refractivity contribution < 1.29 is 15.3 Å². The average molecular weight is 225 g/mol. The summed E-state index contributed by atoms with van der Waals surface area (Å²) in [6.07, 6.45) is 1.76. The molecule has 90 valence electrons. The van der Waals surface area contributed by atoms with Crippen LogP contribution in [-0.2, 0) is 6.42 Å². The summed E-state index contributed by atoms with van der Waals surface area (Å²) in [5, 5.41) is 31.1. The number of phenolic OH excluding ortho intramolecular Hbond substituents is 3. The van der Waals surface area contributed by atoms with Crippen LogP contribution in [-0.4, -0.2) is 27.9 Å². The molecular weight excluding hydrogens is 206 g/mol. The van der Waals surface area contributed by atoms with Gasteiger partial charge >= 0.3 is 0 Å². The molecule has 0 heterocycles. The van der Waals surface area contributed by atoms with Gasteiger partial charge in [-0.2, -0.15) is 0 Å². The first-order valence-corrected chi connectivity index (χ1v) is 5.51. The highest BCUT2D eigenvalue weighted by atomic mass is 16.3. The van der Waals surface area contributed by atoms with Crippen LogP contribution in [0.15, 0.2) is 12.1 Å². The van der Waals surface area contributed by atoms with E-state index in [1.54, 1.807) is 0 Å². The second-order valence-electron chi connectivity index (χ2n) is 4.00. The molecule has 0 spiro atoms. The lowest BCUT2D eigenvalue weighted by molar-refractivity contribution is 0.367. The first-order chi connectivity index (χ1) is 7.54. The Morgan fingerprint density at radius 1 is 1.19 bits per heavy atom. The van der Waals surface area contributed by atoms with E-state index < -0.39 is 5.75 Å². The third kappa shape index (κ3) is 3.31. The molecule has 16 heavy (non-hydrogen) atoms. The molecule has 4 nitrogen and oxygen atoms in total. The minimum atomic E-state index is -0.460. The molecule has 0 saturated heterocycles. The fourth-order valence-electron chi connectivity index (χ4n) is 1.41. The quantitative estimate of drug-likeness (QED) is 0.576. The summed E-state index contributed by atoms with van der Waals surface area (Å²) in [4.78, 5) is 0. The maximum absolute atomic E-state index is 9.31. The van der Waals surface area contributed by atoms with E-state index in [9.17, 15) is 10.2 Å². The Bertz CT molecular complexity index is 329. The molecule has 4 heteroatoms. The number of nitrogens with one attached hydrogen (secondary N) is 1. The van der Waals surface area contributed by atoms with Crippen LogP contribution in [0.3, 0.4) is 0 Å². The van der Waals surface area contributed by atoms with E-state index in [0.717, 1.165) is 18.5 Å². The molecule has 1 unspecified atom stereocenters. The largest absolute Gasteiger partial charge is 0.504 e. The lowest BCUT2D eigenvalue weighted by Gasteiger charge is -2.11. The smallest absolute Gasteiger partial charge is 0.200 e. The molecule has 0 aliphatic carbocycles. The molecule has 0 radical (unpaired) electrons. The van der Waals surface area contributed by atoms with Crippen molar-refractivity contribution in [2.75, 3.05) is 6.54 Å². The van der Waals surface area contributed by atoms with Crippen molar-refractivity contribution in [3.63, 3.8) is 0 Å². The van der Waals surface area contributed by atoms with Gasteiger partial charge in [0.05, 0.1) is 0 Å². The van der Waals surface area contributed by atoms with E-state index in [0.29, 0.717) is 12.5 Å². The Kier molecular flexibility index (Phi) is 4.43. The van der Waals surface area contributed by atoms with Crippen LogP contribution in [0.4, 0.5) is 0 Å². The fraction of sp³-hybridized carbons (Fsp3) is 0.500. The van der Waals surface area contributed by atoms with Gasteiger partial charge in [0.1, 0.15) is 0 Å². The molecule has 0 amide bonds. The molecule has 0 aromatic heterocycles. The minimum Gasteiger partial charge on any atom is -0.504 e. The van der Waals surface area contributed by atoms with E-state index in [4.69, 9.17) is 5.11 Å². The van der Waals surface area contributed by atoms with Crippen LogP contribution in [0.2, 0.25) is 0 Å². The summed E-state index contributed by atoms with van der Waals surface area (Å²) in [5.74, 6) is -1.02. The molecule has 1 rings (SSSR count). The van der Waals surface area contributed by atoms with Crippen molar-refractivity contribution in [2.24, 2.45) is 0 Å². The maximum atomic E-state index is 9.31. The number of aromatic hydroxyl groups is 3. The van der Waals surface area contributed by atoms with Gasteiger partial charge in [-0.1, -0.05) is 6.92 Å². The van der Waals surface area contributed by atoms with Crippen LogP contribution in [0, 0.1) is 0 Å².